The van der Waals surface area contributed by atoms with Crippen LogP contribution in [-0.2, 0) is 30.3 Å². The lowest BCUT2D eigenvalue weighted by Gasteiger charge is -2.56. The van der Waals surface area contributed by atoms with Gasteiger partial charge in [0.2, 0.25) is 5.91 Å². The molecule has 1 amide bonds. The van der Waals surface area contributed by atoms with E-state index in [4.69, 9.17) is 14.2 Å². The maximum Gasteiger partial charge on any atom is 0.332 e. The number of allylic oxidation sites excluding steroid dienone is 1. The van der Waals surface area contributed by atoms with Crippen LogP contribution in [0.5, 0.6) is 17.2 Å². The van der Waals surface area contributed by atoms with Gasteiger partial charge in [-0.2, -0.15) is 0 Å². The number of fused-ring (bicyclic) bond motifs is 10. The number of hydrogen-bond donors (Lipinski definition) is 9. The van der Waals surface area contributed by atoms with E-state index in [1.54, 1.807) is 39.8 Å². The summed E-state index contributed by atoms with van der Waals surface area (Å²) < 4.78 is 21.2. The van der Waals surface area contributed by atoms with E-state index in [0.717, 1.165) is 107 Å². The standard InChI is InChI=1S/C76H103N5O11S2/c1-47(83)91-62-39-64(92-71(88)76-27-4-3-12-53(76)17-23-65(86)80-76)75(29-31-77-32-30-75)67-49(37-58-59(74(45-82)25-5-6-26-74)43-90-70-61(85)21-20-56(67)66(58)70)9-7-10-51-41-72(2,89)46-93-94-63-22-16-50(38-57(51)62)69(87)68(63)79-44-73(40-48-14-18-54(84)19-15-48)28-24-55-52(42-73)11-8-13-60(55)81-35-33-78-34-36-81/h8,13-16,18-22,24,28,49-53,55,57-60,62-64,67-69,77-79,82,84-85,87,89H,3-6,10-12,17,23,25-27,29-46H2,1-2H3,(H,80,86)/t49-,50-,51-,52+,53-,55+,57-,58-,59+,60+,62-,63+,64+,67-,68-,69-,72+,73+,76-/m0/s1. The quantitative estimate of drug-likeness (QED) is 0.0441. The van der Waals surface area contributed by atoms with Gasteiger partial charge < -0.3 is 61.0 Å². The lowest BCUT2D eigenvalue weighted by molar-refractivity contribution is -0.183. The van der Waals surface area contributed by atoms with Crippen LogP contribution in [0.15, 0.2) is 72.9 Å². The number of amides is 1. The smallest absolute Gasteiger partial charge is 0.332 e. The van der Waals surface area contributed by atoms with Crippen molar-refractivity contribution in [1.82, 2.24) is 26.2 Å². The van der Waals surface area contributed by atoms with Crippen LogP contribution in [0.3, 0.4) is 0 Å². The van der Waals surface area contributed by atoms with E-state index >= 15 is 4.79 Å². The van der Waals surface area contributed by atoms with Gasteiger partial charge >= 0.3 is 11.9 Å². The van der Waals surface area contributed by atoms with Crippen LogP contribution in [0.2, 0.25) is 0 Å². The highest BCUT2D eigenvalue weighted by molar-refractivity contribution is 8.77. The summed E-state index contributed by atoms with van der Waals surface area (Å²) in [6.07, 6.45) is 25.1. The first-order valence-electron chi connectivity index (χ1n) is 36.2. The maximum absolute atomic E-state index is 16.1. The van der Waals surface area contributed by atoms with E-state index in [1.807, 2.05) is 19.1 Å². The van der Waals surface area contributed by atoms with E-state index in [9.17, 15) is 35.1 Å². The molecule has 6 fully saturated rings. The molecule has 15 rings (SSSR count). The lowest BCUT2D eigenvalue weighted by atomic mass is 9.51. The molecule has 2 bridgehead atoms. The topological polar surface area (TPSA) is 231 Å². The fourth-order valence-electron chi connectivity index (χ4n) is 21.2. The summed E-state index contributed by atoms with van der Waals surface area (Å²) in [4.78, 5) is 46.7. The van der Waals surface area contributed by atoms with Crippen LogP contribution in [-0.4, -0.2) is 160 Å². The highest BCUT2D eigenvalue weighted by Crippen LogP contribution is 2.65. The third kappa shape index (κ3) is 13.0. The molecule has 510 valence electrons. The Kier molecular flexibility index (Phi) is 19.6. The Morgan fingerprint density at radius 1 is 0.883 bits per heavy atom. The van der Waals surface area contributed by atoms with Gasteiger partial charge in [-0.15, -0.1) is 5.92 Å². The van der Waals surface area contributed by atoms with Crippen molar-refractivity contribution in [3.63, 3.8) is 0 Å². The number of benzene rings is 2. The Labute approximate surface area is 564 Å². The van der Waals surface area contributed by atoms with Crippen LogP contribution < -0.4 is 26.0 Å². The first kappa shape index (κ1) is 66.7. The van der Waals surface area contributed by atoms with Gasteiger partial charge in [-0.1, -0.05) is 108 Å². The molecule has 2 saturated carbocycles. The van der Waals surface area contributed by atoms with Crippen molar-refractivity contribution in [3.8, 4) is 29.1 Å². The highest BCUT2D eigenvalue weighted by atomic mass is 33.1. The largest absolute Gasteiger partial charge is 0.508 e. The molecule has 0 radical (unpaired) electrons. The molecule has 4 saturated heterocycles. The molecule has 0 unspecified atom stereocenters. The van der Waals surface area contributed by atoms with Crippen LogP contribution in [0.25, 0.3) is 0 Å². The summed E-state index contributed by atoms with van der Waals surface area (Å²) in [5.41, 5.74) is -0.809. The van der Waals surface area contributed by atoms with Crippen molar-refractivity contribution in [2.24, 2.45) is 63.6 Å². The number of carbonyl (C=O) groups excluding carboxylic acids is 3. The number of piperidine rings is 2. The molecule has 7 aliphatic carbocycles. The first-order valence-corrected chi connectivity index (χ1v) is 38.5. The minimum Gasteiger partial charge on any atom is -0.508 e. The monoisotopic (exact) mass is 1330 g/mol. The van der Waals surface area contributed by atoms with Crippen LogP contribution in [0, 0.1) is 75.4 Å². The number of carbonyl (C=O) groups is 3. The van der Waals surface area contributed by atoms with Gasteiger partial charge in [0.15, 0.2) is 11.5 Å². The zero-order valence-electron chi connectivity index (χ0n) is 55.3. The second kappa shape index (κ2) is 27.6. The van der Waals surface area contributed by atoms with Crippen LogP contribution in [0.4, 0.5) is 0 Å². The average molecular weight is 1330 g/mol. The summed E-state index contributed by atoms with van der Waals surface area (Å²) in [6, 6.07) is 11.4. The van der Waals surface area contributed by atoms with Gasteiger partial charge in [-0.05, 0) is 162 Å². The molecule has 16 nitrogen and oxygen atoms in total. The number of ether oxygens (including phenoxy) is 3. The molecule has 6 heterocycles. The number of esters is 2. The van der Waals surface area contributed by atoms with Gasteiger partial charge in [-0.3, -0.25) is 14.5 Å². The second-order valence-corrected chi connectivity index (χ2v) is 34.0. The summed E-state index contributed by atoms with van der Waals surface area (Å²) >= 11 is 0. The van der Waals surface area contributed by atoms with E-state index in [2.05, 4.69) is 80.5 Å². The van der Waals surface area contributed by atoms with Gasteiger partial charge in [0.1, 0.15) is 23.5 Å². The number of aliphatic hydroxyl groups is 3. The lowest BCUT2D eigenvalue weighted by Crippen LogP contribution is -2.65. The van der Waals surface area contributed by atoms with Crippen molar-refractivity contribution in [1.29, 1.82) is 0 Å². The van der Waals surface area contributed by atoms with E-state index in [0.29, 0.717) is 113 Å². The molecule has 18 heteroatoms. The summed E-state index contributed by atoms with van der Waals surface area (Å²) in [5.74, 6) is 6.67. The number of piperazine rings is 1. The van der Waals surface area contributed by atoms with Crippen molar-refractivity contribution in [3.05, 3.63) is 89.5 Å². The molecule has 0 aromatic heterocycles. The molecule has 1 spiro atoms. The predicted molar refractivity (Wildman–Crippen MR) is 366 cm³/mol. The van der Waals surface area contributed by atoms with Crippen molar-refractivity contribution in [2.45, 2.75) is 201 Å². The number of phenols is 2. The summed E-state index contributed by atoms with van der Waals surface area (Å²) in [5, 5.41) is 74.5. The van der Waals surface area contributed by atoms with Crippen LogP contribution in [0.1, 0.15) is 164 Å². The van der Waals surface area contributed by atoms with E-state index in [1.165, 1.54) is 6.92 Å². The summed E-state index contributed by atoms with van der Waals surface area (Å²) in [7, 11) is 3.32. The van der Waals surface area contributed by atoms with Crippen molar-refractivity contribution >= 4 is 39.4 Å². The molecule has 19 atom stereocenters. The fourth-order valence-corrected chi connectivity index (χ4v) is 24.3. The molecular formula is C76H103N5O11S2. The number of hydrogen-bond acceptors (Lipinski definition) is 17. The Hall–Kier alpha value is -4.55. The van der Waals surface area contributed by atoms with Gasteiger partial charge in [0, 0.05) is 135 Å². The molecule has 94 heavy (non-hydrogen) atoms. The number of aromatic hydroxyl groups is 2. The van der Waals surface area contributed by atoms with Gasteiger partial charge in [0.05, 0.1) is 23.6 Å². The average Bonchev–Trinajstić information content (AvgIpc) is 0.926. The number of nitrogens with one attached hydrogen (secondary N) is 4. The van der Waals surface area contributed by atoms with E-state index < -0.39 is 64.7 Å². The third-order valence-corrected chi connectivity index (χ3v) is 28.8. The number of phenolic OH excluding ortho intramolecular Hbond substituents is 2. The SMILES string of the molecule is CC(=O)O[C@H]1C[C@@H](OC(=O)[C@]23CCCC[C@H]2CCC(=O)N3)C2(CCNCC2)[C@@H]2c3ccc(O)c4c3[C@@H](C[C@@H]2C#CC[C@H]2C[C@@](C)(O)CSS[C@@H]3C=C[C@@H](C[C@@H]21)[C@H](O)[C@H]3NC[C@@]1(Cc2ccc(O)cc2)C=C[C@@H]2[C@H](CC=C[C@H]2N2CCNCC2)C1)[C@H](C1(CO)CCCC1)CO4. The number of rotatable bonds is 11. The molecule has 13 aliphatic rings. The third-order valence-electron chi connectivity index (χ3n) is 25.8. The Balaban J connectivity index is 0.861. The zero-order valence-corrected chi connectivity index (χ0v) is 57.0. The molecule has 2 aromatic carbocycles. The van der Waals surface area contributed by atoms with Crippen molar-refractivity contribution in [2.75, 3.05) is 64.8 Å². The predicted octanol–water partition coefficient (Wildman–Crippen LogP) is 9.38. The second-order valence-electron chi connectivity index (χ2n) is 31.5. The Morgan fingerprint density at radius 3 is 2.46 bits per heavy atom. The summed E-state index contributed by atoms with van der Waals surface area (Å²) in [6.45, 7) is 9.63. The van der Waals surface area contributed by atoms with Crippen molar-refractivity contribution < 1.29 is 54.1 Å². The van der Waals surface area contributed by atoms with E-state index in [-0.39, 0.29) is 82.0 Å². The van der Waals surface area contributed by atoms with Gasteiger partial charge in [0.25, 0.3) is 0 Å². The van der Waals surface area contributed by atoms with Gasteiger partial charge in [-0.25, -0.2) is 4.79 Å². The Morgan fingerprint density at radius 2 is 1.67 bits per heavy atom. The highest BCUT2D eigenvalue weighted by Gasteiger charge is 2.61. The van der Waals surface area contributed by atoms with Crippen LogP contribution >= 0.6 is 21.6 Å². The number of nitrogens with zero attached hydrogens (tertiary/aromatic N) is 1. The molecule has 6 aliphatic heterocycles. The molecule has 2 aromatic rings. The minimum absolute atomic E-state index is 0.0352. The first-order chi connectivity index (χ1) is 45.5. The minimum atomic E-state index is -1.22. The maximum atomic E-state index is 16.1. The zero-order chi connectivity index (χ0) is 65.0. The number of aliphatic hydroxyl groups excluding tert-OH is 2. The Bertz CT molecular complexity index is 3240. The molecular weight excluding hydrogens is 1220 g/mol. The normalized spacial score (nSPS) is 39.9. The fraction of sp³-hybridized carbons (Fsp3) is 0.697. The molecule has 9 N–H and O–H groups in total.